The van der Waals surface area contributed by atoms with Crippen molar-refractivity contribution in [3.05, 3.63) is 29.3 Å². The summed E-state index contributed by atoms with van der Waals surface area (Å²) in [4.78, 5) is 28.4. The van der Waals surface area contributed by atoms with Gasteiger partial charge in [-0.15, -0.1) is 0 Å². The average Bonchev–Trinajstić information content (AvgIpc) is 2.73. The number of rotatable bonds is 2. The van der Waals surface area contributed by atoms with Crippen molar-refractivity contribution in [1.82, 2.24) is 4.90 Å². The fraction of sp³-hybridized carbons (Fsp3) is 0.500. The molecule has 5 heteroatoms. The molecule has 5 nitrogen and oxygen atoms in total. The van der Waals surface area contributed by atoms with E-state index in [9.17, 15) is 9.59 Å². The van der Waals surface area contributed by atoms with Crippen LogP contribution in [-0.4, -0.2) is 36.0 Å². The molecule has 3 rings (SSSR count). The van der Waals surface area contributed by atoms with Gasteiger partial charge in [0, 0.05) is 18.7 Å². The first-order valence-corrected chi connectivity index (χ1v) is 7.65. The molecular formula is C16H21N3O2. The van der Waals surface area contributed by atoms with Crippen molar-refractivity contribution in [3.8, 4) is 0 Å². The molecule has 112 valence electrons. The number of nitrogens with zero attached hydrogens (tertiary/aromatic N) is 2. The van der Waals surface area contributed by atoms with Gasteiger partial charge in [-0.2, -0.15) is 0 Å². The number of carbonyl (C=O) groups excluding carboxylic acids is 2. The van der Waals surface area contributed by atoms with Crippen LogP contribution in [0.5, 0.6) is 0 Å². The monoisotopic (exact) mass is 287 g/mol. The summed E-state index contributed by atoms with van der Waals surface area (Å²) in [7, 11) is 0. The molecule has 2 heterocycles. The molecule has 0 saturated carbocycles. The maximum absolute atomic E-state index is 12.7. The highest BCUT2D eigenvalue weighted by Crippen LogP contribution is 2.35. The number of fused-ring (bicyclic) bond motifs is 2. The number of anilines is 1. The van der Waals surface area contributed by atoms with Crippen LogP contribution in [0.1, 0.15) is 53.3 Å². The summed E-state index contributed by atoms with van der Waals surface area (Å²) in [6.07, 6.45) is 4.46. The number of primary amides is 1. The van der Waals surface area contributed by atoms with Gasteiger partial charge in [-0.1, -0.05) is 6.42 Å². The minimum absolute atomic E-state index is 0.0811. The van der Waals surface area contributed by atoms with Gasteiger partial charge in [0.05, 0.1) is 11.3 Å². The molecule has 1 fully saturated rings. The van der Waals surface area contributed by atoms with Crippen LogP contribution >= 0.6 is 0 Å². The van der Waals surface area contributed by atoms with E-state index in [4.69, 9.17) is 5.73 Å². The molecular weight excluding hydrogens is 266 g/mol. The van der Waals surface area contributed by atoms with Gasteiger partial charge < -0.3 is 15.5 Å². The SMILES string of the molecule is CCN1c2cc(C(N)=O)ccc2C(=O)N2CCCCCC21. The molecule has 2 aliphatic rings. The Kier molecular flexibility index (Phi) is 3.57. The Balaban J connectivity index is 2.09. The van der Waals surface area contributed by atoms with Crippen molar-refractivity contribution in [2.45, 2.75) is 38.8 Å². The zero-order chi connectivity index (χ0) is 15.0. The first-order chi connectivity index (χ1) is 10.1. The van der Waals surface area contributed by atoms with Gasteiger partial charge >= 0.3 is 0 Å². The van der Waals surface area contributed by atoms with Crippen molar-refractivity contribution in [3.63, 3.8) is 0 Å². The number of amides is 2. The van der Waals surface area contributed by atoms with Gasteiger partial charge in [0.2, 0.25) is 5.91 Å². The van der Waals surface area contributed by atoms with Crippen LogP contribution in [0.4, 0.5) is 5.69 Å². The van der Waals surface area contributed by atoms with E-state index in [0.717, 1.165) is 38.0 Å². The molecule has 21 heavy (non-hydrogen) atoms. The first-order valence-electron chi connectivity index (χ1n) is 7.65. The van der Waals surface area contributed by atoms with Crippen LogP contribution in [0, 0.1) is 0 Å². The van der Waals surface area contributed by atoms with Gasteiger partial charge in [-0.05, 0) is 44.4 Å². The van der Waals surface area contributed by atoms with E-state index >= 15 is 0 Å². The van der Waals surface area contributed by atoms with Crippen LogP contribution in [0.15, 0.2) is 18.2 Å². The van der Waals surface area contributed by atoms with Crippen LogP contribution in [-0.2, 0) is 0 Å². The summed E-state index contributed by atoms with van der Waals surface area (Å²) >= 11 is 0. The second-order valence-corrected chi connectivity index (χ2v) is 5.71. The molecule has 1 aromatic rings. The predicted molar refractivity (Wildman–Crippen MR) is 81.3 cm³/mol. The highest BCUT2D eigenvalue weighted by atomic mass is 16.2. The fourth-order valence-electron chi connectivity index (χ4n) is 3.45. The van der Waals surface area contributed by atoms with E-state index in [0.29, 0.717) is 11.1 Å². The highest BCUT2D eigenvalue weighted by molar-refractivity contribution is 6.04. The van der Waals surface area contributed by atoms with Gasteiger partial charge in [-0.3, -0.25) is 9.59 Å². The lowest BCUT2D eigenvalue weighted by atomic mass is 10.0. The molecule has 1 unspecified atom stereocenters. The van der Waals surface area contributed by atoms with Crippen LogP contribution in [0.3, 0.4) is 0 Å². The third-order valence-corrected chi connectivity index (χ3v) is 4.50. The van der Waals surface area contributed by atoms with Crippen LogP contribution in [0.2, 0.25) is 0 Å². The summed E-state index contributed by atoms with van der Waals surface area (Å²) in [5.41, 5.74) is 7.36. The minimum Gasteiger partial charge on any atom is -0.366 e. The van der Waals surface area contributed by atoms with Crippen molar-refractivity contribution in [2.75, 3.05) is 18.0 Å². The molecule has 0 aliphatic carbocycles. The summed E-state index contributed by atoms with van der Waals surface area (Å²) in [5, 5.41) is 0. The van der Waals surface area contributed by atoms with Gasteiger partial charge in [0.1, 0.15) is 6.17 Å². The Morgan fingerprint density at radius 1 is 1.33 bits per heavy atom. The largest absolute Gasteiger partial charge is 0.366 e. The molecule has 0 radical (unpaired) electrons. The number of hydrogen-bond acceptors (Lipinski definition) is 3. The van der Waals surface area contributed by atoms with E-state index in [1.165, 1.54) is 6.42 Å². The Bertz CT molecular complexity index is 585. The number of hydrogen-bond donors (Lipinski definition) is 1. The minimum atomic E-state index is -0.454. The smallest absolute Gasteiger partial charge is 0.257 e. The summed E-state index contributed by atoms with van der Waals surface area (Å²) in [6, 6.07) is 5.15. The maximum atomic E-state index is 12.7. The van der Waals surface area contributed by atoms with E-state index in [1.54, 1.807) is 18.2 Å². The Morgan fingerprint density at radius 3 is 2.86 bits per heavy atom. The molecule has 1 saturated heterocycles. The quantitative estimate of drug-likeness (QED) is 0.904. The van der Waals surface area contributed by atoms with Crippen molar-refractivity contribution in [2.24, 2.45) is 5.73 Å². The number of benzene rings is 1. The third kappa shape index (κ3) is 2.26. The van der Waals surface area contributed by atoms with Crippen molar-refractivity contribution >= 4 is 17.5 Å². The first kappa shape index (κ1) is 13.9. The topological polar surface area (TPSA) is 66.6 Å². The van der Waals surface area contributed by atoms with E-state index in [2.05, 4.69) is 11.8 Å². The van der Waals surface area contributed by atoms with E-state index in [1.807, 2.05) is 4.90 Å². The standard InChI is InChI=1S/C16H21N3O2/c1-2-18-13-10-11(15(17)20)7-8-12(13)16(21)19-9-5-3-4-6-14(18)19/h7-8,10,14H,2-6,9H2,1H3,(H2,17,20). The lowest BCUT2D eigenvalue weighted by Crippen LogP contribution is -2.55. The molecule has 1 atom stereocenters. The predicted octanol–water partition coefficient (Wildman–Crippen LogP) is 1.97. The fourth-order valence-corrected chi connectivity index (χ4v) is 3.45. The summed E-state index contributed by atoms with van der Waals surface area (Å²) < 4.78 is 0. The average molecular weight is 287 g/mol. The maximum Gasteiger partial charge on any atom is 0.257 e. The second-order valence-electron chi connectivity index (χ2n) is 5.71. The van der Waals surface area contributed by atoms with E-state index in [-0.39, 0.29) is 12.1 Å². The molecule has 0 spiro atoms. The summed E-state index contributed by atoms with van der Waals surface area (Å²) in [5.74, 6) is -0.373. The third-order valence-electron chi connectivity index (χ3n) is 4.50. The Morgan fingerprint density at radius 2 is 2.14 bits per heavy atom. The molecule has 1 aromatic carbocycles. The number of carbonyl (C=O) groups is 2. The highest BCUT2D eigenvalue weighted by Gasteiger charge is 2.37. The molecule has 2 aliphatic heterocycles. The lowest BCUT2D eigenvalue weighted by Gasteiger charge is -2.44. The van der Waals surface area contributed by atoms with Gasteiger partial charge in [-0.25, -0.2) is 0 Å². The van der Waals surface area contributed by atoms with Gasteiger partial charge in [0.25, 0.3) is 5.91 Å². The van der Waals surface area contributed by atoms with Crippen LogP contribution in [0.25, 0.3) is 0 Å². The molecule has 2 amide bonds. The Hall–Kier alpha value is -2.04. The second kappa shape index (κ2) is 5.39. The van der Waals surface area contributed by atoms with Crippen molar-refractivity contribution in [1.29, 1.82) is 0 Å². The normalized spacial score (nSPS) is 21.6. The molecule has 0 aromatic heterocycles. The molecule has 2 N–H and O–H groups in total. The zero-order valence-electron chi connectivity index (χ0n) is 12.3. The Labute approximate surface area is 124 Å². The van der Waals surface area contributed by atoms with E-state index < -0.39 is 5.91 Å². The van der Waals surface area contributed by atoms with Crippen molar-refractivity contribution < 1.29 is 9.59 Å². The number of nitrogens with two attached hydrogens (primary N) is 1. The zero-order valence-corrected chi connectivity index (χ0v) is 12.3. The summed E-state index contributed by atoms with van der Waals surface area (Å²) in [6.45, 7) is 3.71. The molecule has 0 bridgehead atoms. The lowest BCUT2D eigenvalue weighted by molar-refractivity contribution is 0.0656. The van der Waals surface area contributed by atoms with Gasteiger partial charge in [0.15, 0.2) is 0 Å². The van der Waals surface area contributed by atoms with Crippen LogP contribution < -0.4 is 10.6 Å².